The van der Waals surface area contributed by atoms with Gasteiger partial charge in [-0.05, 0) is 49.9 Å². The van der Waals surface area contributed by atoms with Crippen LogP contribution in [-0.2, 0) is 19.6 Å². The van der Waals surface area contributed by atoms with Crippen LogP contribution in [0.15, 0.2) is 121 Å². The topological polar surface area (TPSA) is 83.5 Å². The molecule has 0 amide bonds. The second kappa shape index (κ2) is 16.4. The van der Waals surface area contributed by atoms with Gasteiger partial charge in [-0.2, -0.15) is 0 Å². The van der Waals surface area contributed by atoms with E-state index in [2.05, 4.69) is 48.5 Å². The van der Waals surface area contributed by atoms with Gasteiger partial charge in [0, 0.05) is 12.3 Å². The molecule has 2 atom stereocenters. The molecule has 5 rings (SSSR count). The van der Waals surface area contributed by atoms with Crippen molar-refractivity contribution in [3.05, 3.63) is 121 Å². The smallest absolute Gasteiger partial charge is 0.748 e. The van der Waals surface area contributed by atoms with Gasteiger partial charge in [0.25, 0.3) is 0 Å². The molecule has 0 saturated heterocycles. The summed E-state index contributed by atoms with van der Waals surface area (Å²) in [6.45, 7) is 0. The Labute approximate surface area is 280 Å². The zero-order chi connectivity index (χ0) is 29.4. The molecule has 0 heterocycles. The molecule has 0 aromatic heterocycles. The fourth-order valence-corrected chi connectivity index (χ4v) is 11.8. The molecule has 9 heteroatoms. The van der Waals surface area contributed by atoms with E-state index in [1.165, 1.54) is 21.2 Å². The van der Waals surface area contributed by atoms with Crippen molar-refractivity contribution in [2.24, 2.45) is 5.92 Å². The van der Waals surface area contributed by atoms with E-state index >= 15 is 0 Å². The van der Waals surface area contributed by atoms with Crippen molar-refractivity contribution in [1.82, 2.24) is 0 Å². The van der Waals surface area contributed by atoms with Crippen LogP contribution in [0, 0.1) is 5.92 Å². The van der Waals surface area contributed by atoms with E-state index in [9.17, 15) is 17.8 Å². The molecule has 5 nitrogen and oxygen atoms in total. The summed E-state index contributed by atoms with van der Waals surface area (Å²) in [5, 5.41) is 3.50. The summed E-state index contributed by atoms with van der Waals surface area (Å²) in [6.07, 6.45) is 2.60. The second-order valence-corrected chi connectivity index (χ2v) is 16.6. The summed E-state index contributed by atoms with van der Waals surface area (Å²) in [6, 6.07) is 41.2. The number of hydrogen-bond acceptors (Lipinski definition) is 5. The quantitative estimate of drug-likeness (QED) is 0.109. The van der Waals surface area contributed by atoms with Crippen molar-refractivity contribution in [3.63, 3.8) is 0 Å². The number of hydrogen-bond donors (Lipinski definition) is 0. The number of carbonyl (C=O) groups is 1. The first-order valence-corrected chi connectivity index (χ1v) is 18.8. The molecule has 1 saturated carbocycles. The first-order chi connectivity index (χ1) is 20.4. The molecule has 0 bridgehead atoms. The Balaban J connectivity index is 0.00000423. The van der Waals surface area contributed by atoms with Crippen LogP contribution in [0.2, 0.25) is 0 Å². The third-order valence-corrected chi connectivity index (χ3v) is 14.2. The van der Waals surface area contributed by atoms with Gasteiger partial charge < -0.3 is 9.29 Å². The molecule has 4 aromatic carbocycles. The van der Waals surface area contributed by atoms with E-state index in [1.54, 1.807) is 0 Å². The van der Waals surface area contributed by atoms with Crippen LogP contribution in [0.5, 0.6) is 0 Å². The zero-order valence-corrected chi connectivity index (χ0v) is 29.0. The van der Waals surface area contributed by atoms with Crippen LogP contribution in [0.25, 0.3) is 0 Å². The van der Waals surface area contributed by atoms with Crippen molar-refractivity contribution in [3.8, 4) is 0 Å². The van der Waals surface area contributed by atoms with Crippen molar-refractivity contribution < 1.29 is 52.1 Å². The van der Waals surface area contributed by atoms with Crippen LogP contribution in [0.4, 0.5) is 0 Å². The SMILES string of the molecule is O=C(OC(CP(c1ccccc1)c1ccccc1)CP(c1ccccc1)c1ccccc1)C1CCCCC1S(=O)(=O)[O-].[Na+]. The van der Waals surface area contributed by atoms with Gasteiger partial charge in [-0.25, -0.2) is 8.42 Å². The van der Waals surface area contributed by atoms with E-state index in [1.807, 2.05) is 72.8 Å². The Morgan fingerprint density at radius 3 is 1.37 bits per heavy atom. The maximum Gasteiger partial charge on any atom is 1.00 e. The average molecular weight is 641 g/mol. The normalized spacial score (nSPS) is 17.0. The van der Waals surface area contributed by atoms with Crippen molar-refractivity contribution >= 4 is 53.1 Å². The molecule has 1 fully saturated rings. The van der Waals surface area contributed by atoms with Crippen LogP contribution in [0.3, 0.4) is 0 Å². The predicted molar refractivity (Wildman–Crippen MR) is 173 cm³/mol. The van der Waals surface area contributed by atoms with Gasteiger partial charge in [0.1, 0.15) is 6.10 Å². The first-order valence-electron chi connectivity index (χ1n) is 14.3. The number of rotatable bonds is 11. The largest absolute Gasteiger partial charge is 1.00 e. The molecular weight excluding hydrogens is 605 g/mol. The number of benzene rings is 4. The van der Waals surface area contributed by atoms with Crippen LogP contribution in [0.1, 0.15) is 25.7 Å². The van der Waals surface area contributed by atoms with E-state index in [0.717, 1.165) is 0 Å². The molecule has 2 unspecified atom stereocenters. The fraction of sp³-hybridized carbons (Fsp3) is 0.265. The summed E-state index contributed by atoms with van der Waals surface area (Å²) in [5.41, 5.74) is 0. The maximum absolute atomic E-state index is 13.8. The molecule has 0 N–H and O–H groups in total. The fourth-order valence-electron chi connectivity index (χ4n) is 5.65. The van der Waals surface area contributed by atoms with Gasteiger partial charge in [-0.1, -0.05) is 134 Å². The second-order valence-electron chi connectivity index (χ2n) is 10.5. The number of esters is 1. The van der Waals surface area contributed by atoms with Crippen molar-refractivity contribution in [1.29, 1.82) is 0 Å². The summed E-state index contributed by atoms with van der Waals surface area (Å²) in [4.78, 5) is 13.8. The Bertz CT molecular complexity index is 1360. The van der Waals surface area contributed by atoms with Crippen LogP contribution in [-0.4, -0.2) is 42.6 Å². The van der Waals surface area contributed by atoms with Crippen molar-refractivity contribution in [2.75, 3.05) is 12.3 Å². The summed E-state index contributed by atoms with van der Waals surface area (Å²) in [7, 11) is -6.39. The minimum atomic E-state index is -4.62. The van der Waals surface area contributed by atoms with Gasteiger partial charge >= 0.3 is 35.5 Å². The minimum absolute atomic E-state index is 0. The van der Waals surface area contributed by atoms with Crippen LogP contribution >= 0.6 is 15.8 Å². The predicted octanol–water partition coefficient (Wildman–Crippen LogP) is 2.27. The van der Waals surface area contributed by atoms with Crippen LogP contribution < -0.4 is 50.8 Å². The monoisotopic (exact) mass is 640 g/mol. The third-order valence-electron chi connectivity index (χ3n) is 7.70. The average Bonchev–Trinajstić information content (AvgIpc) is 3.03. The molecule has 0 radical (unpaired) electrons. The Hall–Kier alpha value is -1.88. The van der Waals surface area contributed by atoms with E-state index in [4.69, 9.17) is 4.74 Å². The maximum atomic E-state index is 13.8. The molecular formula is C34H35NaO5P2S. The third kappa shape index (κ3) is 9.31. The van der Waals surface area contributed by atoms with Crippen molar-refractivity contribution in [2.45, 2.75) is 37.0 Å². The van der Waals surface area contributed by atoms with Gasteiger partial charge in [0.05, 0.1) is 21.3 Å². The van der Waals surface area contributed by atoms with E-state index in [0.29, 0.717) is 31.6 Å². The van der Waals surface area contributed by atoms with Gasteiger partial charge in [-0.15, -0.1) is 0 Å². The number of ether oxygens (including phenoxy) is 1. The summed E-state index contributed by atoms with van der Waals surface area (Å²) >= 11 is 0. The van der Waals surface area contributed by atoms with E-state index in [-0.39, 0.29) is 36.0 Å². The van der Waals surface area contributed by atoms with E-state index < -0.39 is 49.2 Å². The minimum Gasteiger partial charge on any atom is -0.748 e. The molecule has 1 aliphatic rings. The van der Waals surface area contributed by atoms with Gasteiger partial charge in [0.15, 0.2) is 0 Å². The standard InChI is InChI=1S/C34H36O5P2S.Na/c35-34(32-23-13-14-24-33(32)42(36,37)38)39-27(25-40(28-15-5-1-6-16-28)29-17-7-2-8-18-29)26-41(30-19-9-3-10-20-30)31-21-11-4-12-22-31;/h1-12,15-22,27,32-33H,13-14,23-26H2,(H,36,37,38);/q;+1/p-1. The summed E-state index contributed by atoms with van der Waals surface area (Å²) in [5.74, 6) is -1.49. The van der Waals surface area contributed by atoms with Gasteiger partial charge in [0.2, 0.25) is 0 Å². The first kappa shape index (κ1) is 34.0. The molecule has 43 heavy (non-hydrogen) atoms. The number of carbonyl (C=O) groups excluding carboxylic acids is 1. The summed E-state index contributed by atoms with van der Waals surface area (Å²) < 4.78 is 42.7. The van der Waals surface area contributed by atoms with Gasteiger partial charge in [-0.3, -0.25) is 4.79 Å². The molecule has 1 aliphatic carbocycles. The molecule has 0 aliphatic heterocycles. The Kier molecular flexibility index (Phi) is 13.0. The molecule has 0 spiro atoms. The Morgan fingerprint density at radius 2 is 1.02 bits per heavy atom. The zero-order valence-electron chi connectivity index (χ0n) is 24.4. The molecule has 218 valence electrons. The molecule has 4 aromatic rings. The Morgan fingerprint density at radius 1 is 0.674 bits per heavy atom.